The van der Waals surface area contributed by atoms with Crippen LogP contribution >= 0.6 is 0 Å². The maximum Gasteiger partial charge on any atom is 0.165 e. The van der Waals surface area contributed by atoms with E-state index in [1.807, 2.05) is 0 Å². The van der Waals surface area contributed by atoms with Gasteiger partial charge < -0.3 is 14.9 Å². The summed E-state index contributed by atoms with van der Waals surface area (Å²) in [4.78, 5) is 0. The minimum atomic E-state index is -1.10. The molecule has 0 bridgehead atoms. The molecule has 0 aliphatic carbocycles. The summed E-state index contributed by atoms with van der Waals surface area (Å²) in [5, 5.41) is 18.2. The molecule has 54 valence electrons. The lowest BCUT2D eigenvalue weighted by Gasteiger charge is -2.31. The largest absolute Gasteiger partial charge is 0.393 e. The summed E-state index contributed by atoms with van der Waals surface area (Å²) < 4.78 is 4.93. The molecule has 2 unspecified atom stereocenters. The number of aliphatic hydroxyl groups is 2. The molecule has 2 atom stereocenters. The van der Waals surface area contributed by atoms with Crippen LogP contribution in [-0.4, -0.2) is 28.7 Å². The Kier molecular flexibility index (Phi) is 1.75. The summed E-state index contributed by atoms with van der Waals surface area (Å²) in [6.45, 7) is 2.02. The highest BCUT2D eigenvalue weighted by molar-refractivity contribution is 4.71. The Labute approximate surface area is 54.3 Å². The second-order valence-electron chi connectivity index (χ2n) is 2.67. The number of hydrogen-bond acceptors (Lipinski definition) is 3. The topological polar surface area (TPSA) is 49.7 Å². The number of aliphatic hydroxyl groups excluding tert-OH is 1. The first-order chi connectivity index (χ1) is 4.10. The van der Waals surface area contributed by atoms with Crippen LogP contribution in [0.2, 0.25) is 0 Å². The highest BCUT2D eigenvalue weighted by Gasteiger charge is 2.29. The first-order valence-corrected chi connectivity index (χ1v) is 3.14. The molecule has 1 aliphatic heterocycles. The van der Waals surface area contributed by atoms with Crippen molar-refractivity contribution in [2.24, 2.45) is 0 Å². The zero-order valence-electron chi connectivity index (χ0n) is 5.50. The standard InChI is InChI=1S/C6H12O3/c1-6(8)4-5(7)2-3-9-6/h5,7-8H,2-4H2,1H3. The van der Waals surface area contributed by atoms with Crippen molar-refractivity contribution in [1.29, 1.82) is 0 Å². The second-order valence-corrected chi connectivity index (χ2v) is 2.67. The normalized spacial score (nSPS) is 45.0. The molecule has 3 heteroatoms. The SMILES string of the molecule is CC1(O)CC(O)CCO1. The van der Waals surface area contributed by atoms with Crippen LogP contribution in [0.15, 0.2) is 0 Å². The lowest BCUT2D eigenvalue weighted by molar-refractivity contribution is -0.231. The van der Waals surface area contributed by atoms with Gasteiger partial charge in [0.1, 0.15) is 0 Å². The smallest absolute Gasteiger partial charge is 0.165 e. The monoisotopic (exact) mass is 132 g/mol. The molecule has 1 rings (SSSR count). The number of ether oxygens (including phenoxy) is 1. The van der Waals surface area contributed by atoms with Gasteiger partial charge in [-0.1, -0.05) is 0 Å². The van der Waals surface area contributed by atoms with E-state index in [4.69, 9.17) is 14.9 Å². The van der Waals surface area contributed by atoms with Gasteiger partial charge in [-0.25, -0.2) is 0 Å². The van der Waals surface area contributed by atoms with Gasteiger partial charge >= 0.3 is 0 Å². The minimum Gasteiger partial charge on any atom is -0.393 e. The summed E-state index contributed by atoms with van der Waals surface area (Å²) >= 11 is 0. The van der Waals surface area contributed by atoms with Crippen LogP contribution in [0, 0.1) is 0 Å². The zero-order chi connectivity index (χ0) is 6.91. The fraction of sp³-hybridized carbons (Fsp3) is 1.00. The zero-order valence-corrected chi connectivity index (χ0v) is 5.50. The lowest BCUT2D eigenvalue weighted by Crippen LogP contribution is -2.38. The second kappa shape index (κ2) is 2.25. The van der Waals surface area contributed by atoms with Crippen molar-refractivity contribution < 1.29 is 14.9 Å². The molecular weight excluding hydrogens is 120 g/mol. The highest BCUT2D eigenvalue weighted by Crippen LogP contribution is 2.20. The van der Waals surface area contributed by atoms with Gasteiger partial charge in [0.05, 0.1) is 12.7 Å². The van der Waals surface area contributed by atoms with Gasteiger partial charge in [0.25, 0.3) is 0 Å². The molecule has 0 aromatic rings. The molecule has 0 radical (unpaired) electrons. The first kappa shape index (κ1) is 6.99. The van der Waals surface area contributed by atoms with Gasteiger partial charge in [0.15, 0.2) is 5.79 Å². The predicted molar refractivity (Wildman–Crippen MR) is 31.8 cm³/mol. The Morgan fingerprint density at radius 1 is 1.67 bits per heavy atom. The molecule has 1 aliphatic rings. The summed E-state index contributed by atoms with van der Waals surface area (Å²) in [5.74, 6) is -1.10. The van der Waals surface area contributed by atoms with Crippen molar-refractivity contribution in [3.05, 3.63) is 0 Å². The Bertz CT molecular complexity index is 100. The van der Waals surface area contributed by atoms with Crippen molar-refractivity contribution in [3.63, 3.8) is 0 Å². The summed E-state index contributed by atoms with van der Waals surface area (Å²) in [6.07, 6.45) is 0.567. The molecule has 1 saturated heterocycles. The van der Waals surface area contributed by atoms with Gasteiger partial charge in [0.2, 0.25) is 0 Å². The Morgan fingerprint density at radius 3 is 2.67 bits per heavy atom. The Balaban J connectivity index is 2.41. The van der Waals surface area contributed by atoms with Crippen LogP contribution in [0.25, 0.3) is 0 Å². The minimum absolute atomic E-state index is 0.326. The van der Waals surface area contributed by atoms with E-state index in [1.165, 1.54) is 0 Å². The third kappa shape index (κ3) is 1.93. The average molecular weight is 132 g/mol. The fourth-order valence-corrected chi connectivity index (χ4v) is 1.01. The van der Waals surface area contributed by atoms with E-state index in [-0.39, 0.29) is 0 Å². The molecule has 1 heterocycles. The van der Waals surface area contributed by atoms with Crippen LogP contribution in [0.4, 0.5) is 0 Å². The molecular formula is C6H12O3. The molecule has 3 nitrogen and oxygen atoms in total. The third-order valence-corrected chi connectivity index (χ3v) is 1.48. The summed E-state index contributed by atoms with van der Waals surface area (Å²) in [6, 6.07) is 0. The molecule has 0 aromatic heterocycles. The van der Waals surface area contributed by atoms with Gasteiger partial charge in [-0.05, 0) is 13.3 Å². The van der Waals surface area contributed by atoms with E-state index in [0.717, 1.165) is 0 Å². The summed E-state index contributed by atoms with van der Waals surface area (Å²) in [7, 11) is 0. The quantitative estimate of drug-likeness (QED) is 0.482. The van der Waals surface area contributed by atoms with Gasteiger partial charge in [-0.15, -0.1) is 0 Å². The van der Waals surface area contributed by atoms with E-state index in [1.54, 1.807) is 6.92 Å². The van der Waals surface area contributed by atoms with E-state index in [9.17, 15) is 0 Å². The average Bonchev–Trinajstić information content (AvgIpc) is 1.60. The predicted octanol–water partition coefficient (Wildman–Crippen LogP) is -0.134. The lowest BCUT2D eigenvalue weighted by atomic mass is 10.1. The maximum absolute atomic E-state index is 9.16. The van der Waals surface area contributed by atoms with Crippen molar-refractivity contribution in [2.75, 3.05) is 6.61 Å². The van der Waals surface area contributed by atoms with Gasteiger partial charge in [-0.3, -0.25) is 0 Å². The van der Waals surface area contributed by atoms with Gasteiger partial charge in [0, 0.05) is 6.42 Å². The molecule has 9 heavy (non-hydrogen) atoms. The van der Waals surface area contributed by atoms with E-state index in [0.29, 0.717) is 19.4 Å². The number of hydrogen-bond donors (Lipinski definition) is 2. The molecule has 0 spiro atoms. The van der Waals surface area contributed by atoms with Crippen LogP contribution in [-0.2, 0) is 4.74 Å². The first-order valence-electron chi connectivity index (χ1n) is 3.14. The van der Waals surface area contributed by atoms with Crippen LogP contribution < -0.4 is 0 Å². The molecule has 0 amide bonds. The van der Waals surface area contributed by atoms with Crippen molar-refractivity contribution in [1.82, 2.24) is 0 Å². The third-order valence-electron chi connectivity index (χ3n) is 1.48. The highest BCUT2D eigenvalue weighted by atomic mass is 16.6. The van der Waals surface area contributed by atoms with Crippen LogP contribution in [0.5, 0.6) is 0 Å². The maximum atomic E-state index is 9.16. The van der Waals surface area contributed by atoms with E-state index < -0.39 is 11.9 Å². The van der Waals surface area contributed by atoms with Crippen LogP contribution in [0.1, 0.15) is 19.8 Å². The Morgan fingerprint density at radius 2 is 2.33 bits per heavy atom. The van der Waals surface area contributed by atoms with Crippen LogP contribution in [0.3, 0.4) is 0 Å². The molecule has 2 N–H and O–H groups in total. The summed E-state index contributed by atoms with van der Waals surface area (Å²) in [5.41, 5.74) is 0. The van der Waals surface area contributed by atoms with Crippen molar-refractivity contribution in [3.8, 4) is 0 Å². The molecule has 1 fully saturated rings. The fourth-order valence-electron chi connectivity index (χ4n) is 1.01. The van der Waals surface area contributed by atoms with Crippen molar-refractivity contribution in [2.45, 2.75) is 31.7 Å². The van der Waals surface area contributed by atoms with E-state index in [2.05, 4.69) is 0 Å². The van der Waals surface area contributed by atoms with E-state index >= 15 is 0 Å². The molecule has 0 saturated carbocycles. The number of rotatable bonds is 0. The van der Waals surface area contributed by atoms with Gasteiger partial charge in [-0.2, -0.15) is 0 Å². The Hall–Kier alpha value is -0.120. The molecule has 0 aromatic carbocycles. The van der Waals surface area contributed by atoms with Crippen molar-refractivity contribution >= 4 is 0 Å².